The minimum atomic E-state index is -0.338. The van der Waals surface area contributed by atoms with Gasteiger partial charge < -0.3 is 15.0 Å². The van der Waals surface area contributed by atoms with Gasteiger partial charge >= 0.3 is 6.09 Å². The maximum Gasteiger partial charge on any atom is 0.409 e. The van der Waals surface area contributed by atoms with Crippen molar-refractivity contribution in [3.8, 4) is 0 Å². The molecule has 0 unspecified atom stereocenters. The molecule has 7 heteroatoms. The molecular weight excluding hydrogens is 350 g/mol. The van der Waals surface area contributed by atoms with E-state index in [1.54, 1.807) is 16.2 Å². The van der Waals surface area contributed by atoms with E-state index in [-0.39, 0.29) is 18.4 Å². The topological polar surface area (TPSA) is 71.5 Å². The number of anilines is 1. The Bertz CT molecular complexity index is 806. The summed E-state index contributed by atoms with van der Waals surface area (Å²) in [6.45, 7) is 1.34. The molecule has 1 atom stereocenters. The number of ether oxygens (including phenoxy) is 1. The Balaban J connectivity index is 1.34. The molecule has 1 saturated heterocycles. The Hall–Kier alpha value is -2.41. The molecule has 1 fully saturated rings. The van der Waals surface area contributed by atoms with Crippen molar-refractivity contribution in [2.45, 2.75) is 31.6 Å². The number of rotatable bonds is 5. The lowest BCUT2D eigenvalue weighted by atomic mass is 9.85. The molecule has 2 heterocycles. The van der Waals surface area contributed by atoms with Crippen LogP contribution in [0.4, 0.5) is 9.93 Å². The number of nitrogens with one attached hydrogen (secondary N) is 1. The molecule has 1 aliphatic carbocycles. The molecule has 0 radical (unpaired) electrons. The SMILES string of the molecule is O=C(CCN1CCOC1=O)Nc1nc2c(s1)C[C@@H](c1ccccc1)CC2. The van der Waals surface area contributed by atoms with Crippen molar-refractivity contribution in [1.82, 2.24) is 9.88 Å². The number of thiazole rings is 1. The molecule has 0 bridgehead atoms. The average molecular weight is 371 g/mol. The number of hydrogen-bond acceptors (Lipinski definition) is 5. The van der Waals surface area contributed by atoms with Crippen molar-refractivity contribution in [3.63, 3.8) is 0 Å². The molecule has 26 heavy (non-hydrogen) atoms. The quantitative estimate of drug-likeness (QED) is 0.876. The van der Waals surface area contributed by atoms with Gasteiger partial charge in [0.25, 0.3) is 0 Å². The van der Waals surface area contributed by atoms with Crippen LogP contribution < -0.4 is 5.32 Å². The maximum absolute atomic E-state index is 12.2. The Kier molecular flexibility index (Phi) is 4.88. The molecule has 1 aliphatic heterocycles. The zero-order chi connectivity index (χ0) is 17.9. The summed E-state index contributed by atoms with van der Waals surface area (Å²) in [4.78, 5) is 31.0. The van der Waals surface area contributed by atoms with Crippen molar-refractivity contribution >= 4 is 28.5 Å². The molecule has 0 spiro atoms. The molecule has 2 aromatic rings. The molecule has 0 saturated carbocycles. The van der Waals surface area contributed by atoms with Gasteiger partial charge in [-0.05, 0) is 30.7 Å². The third-order valence-corrected chi connectivity index (χ3v) is 5.95. The second-order valence-corrected chi connectivity index (χ2v) is 7.72. The highest BCUT2D eigenvalue weighted by Crippen LogP contribution is 2.36. The number of nitrogens with zero attached hydrogens (tertiary/aromatic N) is 2. The van der Waals surface area contributed by atoms with E-state index in [4.69, 9.17) is 4.74 Å². The Morgan fingerprint density at radius 1 is 1.35 bits per heavy atom. The number of amides is 2. The van der Waals surface area contributed by atoms with E-state index in [1.807, 2.05) is 6.07 Å². The van der Waals surface area contributed by atoms with Gasteiger partial charge in [0.2, 0.25) is 5.91 Å². The number of benzene rings is 1. The normalized spacial score (nSPS) is 19.2. The van der Waals surface area contributed by atoms with Gasteiger partial charge in [-0.3, -0.25) is 4.79 Å². The first kappa shape index (κ1) is 17.0. The van der Waals surface area contributed by atoms with Crippen LogP contribution in [-0.4, -0.2) is 41.6 Å². The second kappa shape index (κ2) is 7.45. The van der Waals surface area contributed by atoms with Gasteiger partial charge in [-0.2, -0.15) is 0 Å². The summed E-state index contributed by atoms with van der Waals surface area (Å²) >= 11 is 1.57. The van der Waals surface area contributed by atoms with E-state index in [1.165, 1.54) is 10.4 Å². The number of fused-ring (bicyclic) bond motifs is 1. The van der Waals surface area contributed by atoms with E-state index < -0.39 is 0 Å². The fourth-order valence-corrected chi connectivity index (χ4v) is 4.59. The minimum Gasteiger partial charge on any atom is -0.448 e. The average Bonchev–Trinajstić information content (AvgIpc) is 3.25. The summed E-state index contributed by atoms with van der Waals surface area (Å²) in [5.74, 6) is 0.407. The van der Waals surface area contributed by atoms with Crippen LogP contribution in [0, 0.1) is 0 Å². The predicted octanol–water partition coefficient (Wildman–Crippen LogP) is 3.20. The second-order valence-electron chi connectivity index (χ2n) is 6.64. The van der Waals surface area contributed by atoms with Gasteiger partial charge in [-0.15, -0.1) is 11.3 Å². The summed E-state index contributed by atoms with van der Waals surface area (Å²) in [7, 11) is 0. The van der Waals surface area contributed by atoms with Crippen molar-refractivity contribution in [1.29, 1.82) is 0 Å². The molecule has 2 amide bonds. The monoisotopic (exact) mass is 371 g/mol. The molecule has 136 valence electrons. The molecule has 2 aliphatic rings. The van der Waals surface area contributed by atoms with Crippen molar-refractivity contribution < 1.29 is 14.3 Å². The lowest BCUT2D eigenvalue weighted by Gasteiger charge is -2.21. The molecule has 1 aromatic heterocycles. The minimum absolute atomic E-state index is 0.115. The van der Waals surface area contributed by atoms with E-state index in [0.29, 0.717) is 30.7 Å². The first-order chi connectivity index (χ1) is 12.7. The molecule has 1 N–H and O–H groups in total. The van der Waals surface area contributed by atoms with Gasteiger partial charge in [0, 0.05) is 17.8 Å². The van der Waals surface area contributed by atoms with Crippen LogP contribution in [0.1, 0.15) is 34.9 Å². The Labute approximate surface area is 156 Å². The van der Waals surface area contributed by atoms with Crippen LogP contribution in [0.3, 0.4) is 0 Å². The molecule has 6 nitrogen and oxygen atoms in total. The highest BCUT2D eigenvalue weighted by Gasteiger charge is 2.25. The van der Waals surface area contributed by atoms with Crippen LogP contribution in [0.15, 0.2) is 30.3 Å². The van der Waals surface area contributed by atoms with E-state index in [2.05, 4.69) is 34.6 Å². The summed E-state index contributed by atoms with van der Waals surface area (Å²) in [5.41, 5.74) is 2.48. The number of hydrogen-bond donors (Lipinski definition) is 1. The number of carbonyl (C=O) groups is 2. The Morgan fingerprint density at radius 3 is 2.96 bits per heavy atom. The van der Waals surface area contributed by atoms with Crippen LogP contribution in [0.25, 0.3) is 0 Å². The zero-order valence-electron chi connectivity index (χ0n) is 14.4. The van der Waals surface area contributed by atoms with Crippen LogP contribution in [0.5, 0.6) is 0 Å². The van der Waals surface area contributed by atoms with Crippen molar-refractivity contribution in [3.05, 3.63) is 46.5 Å². The van der Waals surface area contributed by atoms with E-state index >= 15 is 0 Å². The lowest BCUT2D eigenvalue weighted by molar-refractivity contribution is -0.116. The van der Waals surface area contributed by atoms with Crippen molar-refractivity contribution in [2.75, 3.05) is 25.0 Å². The Morgan fingerprint density at radius 2 is 2.19 bits per heavy atom. The van der Waals surface area contributed by atoms with Crippen LogP contribution in [-0.2, 0) is 22.4 Å². The van der Waals surface area contributed by atoms with Gasteiger partial charge in [0.15, 0.2) is 5.13 Å². The number of aromatic nitrogens is 1. The first-order valence-electron chi connectivity index (χ1n) is 8.94. The standard InChI is InChI=1S/C19H21N3O3S/c23-17(8-9-22-10-11-25-19(22)24)21-18-20-15-7-6-14(12-16(15)26-18)13-4-2-1-3-5-13/h1-5,14H,6-12H2,(H,20,21,23)/t14-/m0/s1. The third-order valence-electron chi connectivity index (χ3n) is 4.91. The summed E-state index contributed by atoms with van der Waals surface area (Å²) in [6, 6.07) is 10.6. The van der Waals surface area contributed by atoms with Crippen LogP contribution >= 0.6 is 11.3 Å². The van der Waals surface area contributed by atoms with E-state index in [9.17, 15) is 9.59 Å². The molecule has 4 rings (SSSR count). The predicted molar refractivity (Wildman–Crippen MR) is 99.5 cm³/mol. The number of aryl methyl sites for hydroxylation is 1. The first-order valence-corrected chi connectivity index (χ1v) is 9.76. The summed E-state index contributed by atoms with van der Waals surface area (Å²) < 4.78 is 4.86. The van der Waals surface area contributed by atoms with Crippen LogP contribution in [0.2, 0.25) is 0 Å². The third kappa shape index (κ3) is 3.72. The highest BCUT2D eigenvalue weighted by molar-refractivity contribution is 7.15. The largest absolute Gasteiger partial charge is 0.448 e. The van der Waals surface area contributed by atoms with E-state index in [0.717, 1.165) is 25.0 Å². The van der Waals surface area contributed by atoms with Gasteiger partial charge in [-0.25, -0.2) is 9.78 Å². The fraction of sp³-hybridized carbons (Fsp3) is 0.421. The molecular formula is C19H21N3O3S. The zero-order valence-corrected chi connectivity index (χ0v) is 15.3. The smallest absolute Gasteiger partial charge is 0.409 e. The van der Waals surface area contributed by atoms with Gasteiger partial charge in [0.05, 0.1) is 12.2 Å². The number of carbonyl (C=O) groups excluding carboxylic acids is 2. The lowest BCUT2D eigenvalue weighted by Crippen LogP contribution is -2.28. The van der Waals surface area contributed by atoms with Gasteiger partial charge in [-0.1, -0.05) is 30.3 Å². The highest BCUT2D eigenvalue weighted by atomic mass is 32.1. The summed E-state index contributed by atoms with van der Waals surface area (Å²) in [6.07, 6.45) is 2.93. The fourth-order valence-electron chi connectivity index (χ4n) is 3.49. The molecule has 1 aromatic carbocycles. The van der Waals surface area contributed by atoms with Crippen molar-refractivity contribution in [2.24, 2.45) is 0 Å². The maximum atomic E-state index is 12.2. The summed E-state index contributed by atoms with van der Waals surface area (Å²) in [5, 5.41) is 3.55. The number of cyclic esters (lactones) is 1. The van der Waals surface area contributed by atoms with Gasteiger partial charge in [0.1, 0.15) is 6.61 Å².